The number of benzene rings is 1. The van der Waals surface area contributed by atoms with Crippen molar-refractivity contribution in [1.29, 1.82) is 0 Å². The molecule has 0 unspecified atom stereocenters. The number of pyridine rings is 1. The fraction of sp³-hybridized carbons (Fsp3) is 0.190. The summed E-state index contributed by atoms with van der Waals surface area (Å²) in [5.74, 6) is 2.11. The van der Waals surface area contributed by atoms with Gasteiger partial charge in [0.2, 0.25) is 0 Å². The van der Waals surface area contributed by atoms with Gasteiger partial charge in [-0.1, -0.05) is 6.07 Å². The first-order valence-corrected chi connectivity index (χ1v) is 9.78. The van der Waals surface area contributed by atoms with Gasteiger partial charge in [0.15, 0.2) is 11.5 Å². The van der Waals surface area contributed by atoms with Gasteiger partial charge < -0.3 is 10.3 Å². The van der Waals surface area contributed by atoms with Gasteiger partial charge in [-0.25, -0.2) is 29.3 Å². The molecule has 4 aromatic heterocycles. The maximum absolute atomic E-state index is 14.8. The summed E-state index contributed by atoms with van der Waals surface area (Å²) < 4.78 is 16.7. The summed E-state index contributed by atoms with van der Waals surface area (Å²) in [4.78, 5) is 25.0. The number of aromatic amines is 1. The van der Waals surface area contributed by atoms with Crippen molar-refractivity contribution in [2.24, 2.45) is 0 Å². The van der Waals surface area contributed by atoms with Crippen molar-refractivity contribution in [1.82, 2.24) is 34.5 Å². The Morgan fingerprint density at radius 2 is 2.03 bits per heavy atom. The lowest BCUT2D eigenvalue weighted by Crippen LogP contribution is -2.10. The first kappa shape index (κ1) is 17.0. The lowest BCUT2D eigenvalue weighted by molar-refractivity contribution is 0.612. The normalized spacial score (nSPS) is 13.9. The van der Waals surface area contributed by atoms with Crippen molar-refractivity contribution >= 4 is 28.0 Å². The molecule has 0 aliphatic heterocycles. The minimum absolute atomic E-state index is 0.184. The molecular formula is C21H17FN8. The van der Waals surface area contributed by atoms with E-state index in [1.165, 1.54) is 12.4 Å². The van der Waals surface area contributed by atoms with Crippen LogP contribution in [0.4, 0.5) is 10.2 Å². The third-order valence-corrected chi connectivity index (χ3v) is 5.37. The second-order valence-corrected chi connectivity index (χ2v) is 7.33. The van der Waals surface area contributed by atoms with Crippen LogP contribution in [0, 0.1) is 5.82 Å². The number of fused-ring (bicyclic) bond motifs is 2. The molecule has 0 spiro atoms. The number of halogens is 1. The molecule has 0 radical (unpaired) electrons. The van der Waals surface area contributed by atoms with Crippen molar-refractivity contribution in [2.45, 2.75) is 25.3 Å². The fourth-order valence-electron chi connectivity index (χ4n) is 3.89. The summed E-state index contributed by atoms with van der Waals surface area (Å²) in [6.07, 6.45) is 6.77. The van der Waals surface area contributed by atoms with E-state index in [1.807, 2.05) is 22.8 Å². The molecular weight excluding hydrogens is 383 g/mol. The molecule has 4 heterocycles. The fourth-order valence-corrected chi connectivity index (χ4v) is 3.89. The number of nitrogens with one attached hydrogen (secondary N) is 2. The predicted octanol–water partition coefficient (Wildman–Crippen LogP) is 3.72. The predicted molar refractivity (Wildman–Crippen MR) is 110 cm³/mol. The van der Waals surface area contributed by atoms with Crippen molar-refractivity contribution in [3.05, 3.63) is 66.4 Å². The maximum atomic E-state index is 14.8. The first-order valence-electron chi connectivity index (χ1n) is 9.78. The smallest absolute Gasteiger partial charge is 0.182 e. The van der Waals surface area contributed by atoms with Gasteiger partial charge in [-0.05, 0) is 43.0 Å². The van der Waals surface area contributed by atoms with Crippen LogP contribution in [0.5, 0.6) is 0 Å². The number of aromatic nitrogens is 7. The van der Waals surface area contributed by atoms with Crippen LogP contribution in [0.1, 0.15) is 30.1 Å². The van der Waals surface area contributed by atoms with Gasteiger partial charge in [-0.3, -0.25) is 4.57 Å². The van der Waals surface area contributed by atoms with Gasteiger partial charge in [0.1, 0.15) is 29.3 Å². The average molecular weight is 400 g/mol. The van der Waals surface area contributed by atoms with E-state index >= 15 is 0 Å². The highest BCUT2D eigenvalue weighted by molar-refractivity contribution is 5.84. The Balaban J connectivity index is 1.50. The van der Waals surface area contributed by atoms with Crippen LogP contribution in [0.15, 0.2) is 49.2 Å². The number of nitrogens with zero attached hydrogens (tertiary/aromatic N) is 6. The number of imidazole rings is 2. The van der Waals surface area contributed by atoms with E-state index in [0.29, 0.717) is 23.8 Å². The zero-order chi connectivity index (χ0) is 20.1. The zero-order valence-electron chi connectivity index (χ0n) is 15.9. The van der Waals surface area contributed by atoms with Crippen LogP contribution in [0.3, 0.4) is 0 Å². The van der Waals surface area contributed by atoms with Crippen LogP contribution < -0.4 is 5.32 Å². The number of hydrogen-bond acceptors (Lipinski definition) is 6. The van der Waals surface area contributed by atoms with E-state index < -0.39 is 0 Å². The summed E-state index contributed by atoms with van der Waals surface area (Å²) in [6.45, 7) is 0.377. The summed E-state index contributed by atoms with van der Waals surface area (Å²) in [5, 5.41) is 3.31. The van der Waals surface area contributed by atoms with Crippen LogP contribution in [0.2, 0.25) is 0 Å². The van der Waals surface area contributed by atoms with Gasteiger partial charge in [-0.15, -0.1) is 0 Å². The number of rotatable bonds is 5. The van der Waals surface area contributed by atoms with Gasteiger partial charge >= 0.3 is 0 Å². The summed E-state index contributed by atoms with van der Waals surface area (Å²) >= 11 is 0. The molecule has 1 fully saturated rings. The highest BCUT2D eigenvalue weighted by atomic mass is 19.1. The van der Waals surface area contributed by atoms with Gasteiger partial charge in [-0.2, -0.15) is 0 Å². The minimum atomic E-state index is -0.184. The Morgan fingerprint density at radius 3 is 2.87 bits per heavy atom. The summed E-state index contributed by atoms with van der Waals surface area (Å²) in [5.41, 5.74) is 3.60. The van der Waals surface area contributed by atoms with Crippen molar-refractivity contribution < 1.29 is 4.39 Å². The SMILES string of the molecule is Fc1ccc2nc(CNc3ncnc4nc[nH]c34)n(-c3ccccn3)c2c1C1CC1. The molecule has 2 N–H and O–H groups in total. The average Bonchev–Trinajstić information content (AvgIpc) is 3.36. The first-order chi connectivity index (χ1) is 14.8. The molecule has 9 heteroatoms. The Bertz CT molecular complexity index is 1370. The van der Waals surface area contributed by atoms with Crippen molar-refractivity contribution in [3.63, 3.8) is 0 Å². The van der Waals surface area contributed by atoms with E-state index in [4.69, 9.17) is 4.98 Å². The van der Waals surface area contributed by atoms with Crippen molar-refractivity contribution in [3.8, 4) is 5.82 Å². The molecule has 5 aromatic rings. The third kappa shape index (κ3) is 2.70. The summed E-state index contributed by atoms with van der Waals surface area (Å²) in [7, 11) is 0. The molecule has 0 amide bonds. The largest absolute Gasteiger partial charge is 0.361 e. The van der Waals surface area contributed by atoms with Gasteiger partial charge in [0.05, 0.1) is 23.9 Å². The van der Waals surface area contributed by atoms with Crippen LogP contribution >= 0.6 is 0 Å². The van der Waals surface area contributed by atoms with Crippen LogP contribution in [-0.4, -0.2) is 34.5 Å². The second-order valence-electron chi connectivity index (χ2n) is 7.33. The van der Waals surface area contributed by atoms with Gasteiger partial charge in [0.25, 0.3) is 0 Å². The molecule has 6 rings (SSSR count). The third-order valence-electron chi connectivity index (χ3n) is 5.37. The molecule has 8 nitrogen and oxygen atoms in total. The Labute approximate surface area is 170 Å². The van der Waals surface area contributed by atoms with E-state index in [0.717, 1.165) is 40.8 Å². The highest BCUT2D eigenvalue weighted by Crippen LogP contribution is 2.45. The van der Waals surface area contributed by atoms with E-state index in [9.17, 15) is 4.39 Å². The molecule has 1 aliphatic rings. The highest BCUT2D eigenvalue weighted by Gasteiger charge is 2.31. The van der Waals surface area contributed by atoms with Crippen LogP contribution in [0.25, 0.3) is 28.0 Å². The molecule has 0 bridgehead atoms. The molecule has 30 heavy (non-hydrogen) atoms. The lowest BCUT2D eigenvalue weighted by atomic mass is 10.1. The molecule has 1 aromatic carbocycles. The molecule has 1 saturated carbocycles. The van der Waals surface area contributed by atoms with E-state index in [1.54, 1.807) is 18.6 Å². The number of anilines is 1. The molecule has 148 valence electrons. The Hall–Kier alpha value is -3.88. The topological polar surface area (TPSA) is 97.2 Å². The van der Waals surface area contributed by atoms with Crippen LogP contribution in [-0.2, 0) is 6.54 Å². The lowest BCUT2D eigenvalue weighted by Gasteiger charge is -2.12. The van der Waals surface area contributed by atoms with Gasteiger partial charge in [0, 0.05) is 11.8 Å². The summed E-state index contributed by atoms with van der Waals surface area (Å²) in [6, 6.07) is 8.93. The molecule has 0 saturated heterocycles. The van der Waals surface area contributed by atoms with E-state index in [2.05, 4.69) is 30.2 Å². The quantitative estimate of drug-likeness (QED) is 0.467. The zero-order valence-corrected chi connectivity index (χ0v) is 15.9. The number of hydrogen-bond donors (Lipinski definition) is 2. The second kappa shape index (κ2) is 6.58. The minimum Gasteiger partial charge on any atom is -0.361 e. The monoisotopic (exact) mass is 400 g/mol. The Morgan fingerprint density at radius 1 is 1.10 bits per heavy atom. The van der Waals surface area contributed by atoms with Crippen molar-refractivity contribution in [2.75, 3.05) is 5.32 Å². The van der Waals surface area contributed by atoms with E-state index in [-0.39, 0.29) is 11.7 Å². The number of H-pyrrole nitrogens is 1. The maximum Gasteiger partial charge on any atom is 0.182 e. The standard InChI is InChI=1S/C21H17FN8/c22-13-6-7-14-19(17(13)12-4-5-12)30(15-3-1-2-8-23-15)16(29-14)9-24-20-18-21(26-10-25-18)28-11-27-20/h1-3,6-8,10-12H,4-5,9H2,(H2,24,25,26,27,28). The Kier molecular flexibility index (Phi) is 3.73. The molecule has 0 atom stereocenters. The molecule has 1 aliphatic carbocycles.